The zero-order chi connectivity index (χ0) is 16.1. The summed E-state index contributed by atoms with van der Waals surface area (Å²) in [5, 5.41) is 3.13. The van der Waals surface area contributed by atoms with Gasteiger partial charge in [-0.15, -0.1) is 0 Å². The zero-order valence-electron chi connectivity index (χ0n) is 13.5. The van der Waals surface area contributed by atoms with E-state index in [0.717, 1.165) is 32.2 Å². The Labute approximate surface area is 136 Å². The zero-order valence-corrected chi connectivity index (χ0v) is 13.5. The number of urea groups is 1. The van der Waals surface area contributed by atoms with E-state index in [-0.39, 0.29) is 12.1 Å². The van der Waals surface area contributed by atoms with Gasteiger partial charge in [0, 0.05) is 25.0 Å². The molecule has 2 amide bonds. The van der Waals surface area contributed by atoms with E-state index in [2.05, 4.69) is 15.3 Å². The summed E-state index contributed by atoms with van der Waals surface area (Å²) in [5.41, 5.74) is 0. The van der Waals surface area contributed by atoms with E-state index < -0.39 is 0 Å². The molecule has 23 heavy (non-hydrogen) atoms. The van der Waals surface area contributed by atoms with Gasteiger partial charge in [-0.1, -0.05) is 12.8 Å². The van der Waals surface area contributed by atoms with Gasteiger partial charge in [0.15, 0.2) is 0 Å². The molecule has 1 aromatic heterocycles. The molecule has 126 valence electrons. The van der Waals surface area contributed by atoms with Crippen LogP contribution in [0, 0.1) is 0 Å². The van der Waals surface area contributed by atoms with Gasteiger partial charge in [-0.05, 0) is 25.7 Å². The van der Waals surface area contributed by atoms with Crippen LogP contribution in [0.5, 0.6) is 11.8 Å². The minimum atomic E-state index is -0.0799. The number of nitrogens with one attached hydrogen (secondary N) is 1. The van der Waals surface area contributed by atoms with Crippen molar-refractivity contribution in [3.05, 3.63) is 12.4 Å². The first-order valence-electron chi connectivity index (χ1n) is 8.33. The standard InChI is InChI=1S/C16H24N4O3/c1-22-14-15(18-9-8-17-14)23-13-7-4-10-20(11-13)16(21)19-12-5-2-3-6-12/h8-9,12-13H,2-7,10-11H2,1H3,(H,19,21). The molecular weight excluding hydrogens is 296 g/mol. The fraction of sp³-hybridized carbons (Fsp3) is 0.688. The van der Waals surface area contributed by atoms with Gasteiger partial charge in [-0.25, -0.2) is 14.8 Å². The van der Waals surface area contributed by atoms with Crippen molar-refractivity contribution in [3.8, 4) is 11.8 Å². The highest BCUT2D eigenvalue weighted by Crippen LogP contribution is 2.24. The maximum Gasteiger partial charge on any atom is 0.317 e. The Hall–Kier alpha value is -2.05. The first kappa shape index (κ1) is 15.8. The van der Waals surface area contributed by atoms with Gasteiger partial charge in [-0.3, -0.25) is 0 Å². The molecule has 1 saturated heterocycles. The smallest absolute Gasteiger partial charge is 0.317 e. The number of carbonyl (C=O) groups is 1. The molecule has 1 aliphatic heterocycles. The lowest BCUT2D eigenvalue weighted by molar-refractivity contribution is 0.0934. The number of piperidine rings is 1. The van der Waals surface area contributed by atoms with Crippen molar-refractivity contribution in [2.24, 2.45) is 0 Å². The Morgan fingerprint density at radius 2 is 1.91 bits per heavy atom. The summed E-state index contributed by atoms with van der Waals surface area (Å²) >= 11 is 0. The second-order valence-electron chi connectivity index (χ2n) is 6.13. The Balaban J connectivity index is 1.56. The van der Waals surface area contributed by atoms with Gasteiger partial charge in [0.2, 0.25) is 0 Å². The second-order valence-corrected chi connectivity index (χ2v) is 6.13. The summed E-state index contributed by atoms with van der Waals surface area (Å²) in [6, 6.07) is 0.361. The SMILES string of the molecule is COc1nccnc1OC1CCCN(C(=O)NC2CCCC2)C1. The molecule has 3 rings (SSSR count). The molecule has 0 radical (unpaired) electrons. The van der Waals surface area contributed by atoms with Crippen LogP contribution in [0.2, 0.25) is 0 Å². The number of rotatable bonds is 4. The normalized spacial score (nSPS) is 22.0. The van der Waals surface area contributed by atoms with E-state index in [1.165, 1.54) is 12.8 Å². The van der Waals surface area contributed by atoms with Crippen molar-refractivity contribution in [1.29, 1.82) is 0 Å². The average molecular weight is 320 g/mol. The quantitative estimate of drug-likeness (QED) is 0.918. The van der Waals surface area contributed by atoms with E-state index in [0.29, 0.717) is 24.3 Å². The third-order valence-corrected chi connectivity index (χ3v) is 4.45. The molecule has 1 N–H and O–H groups in total. The number of aromatic nitrogens is 2. The lowest BCUT2D eigenvalue weighted by Gasteiger charge is -2.33. The monoisotopic (exact) mass is 320 g/mol. The molecule has 2 aliphatic rings. The summed E-state index contributed by atoms with van der Waals surface area (Å²) in [7, 11) is 1.54. The molecule has 0 bridgehead atoms. The van der Waals surface area contributed by atoms with E-state index in [1.54, 1.807) is 19.5 Å². The molecule has 1 aliphatic carbocycles. The third kappa shape index (κ3) is 4.03. The van der Waals surface area contributed by atoms with Crippen molar-refractivity contribution in [2.75, 3.05) is 20.2 Å². The number of hydrogen-bond acceptors (Lipinski definition) is 5. The first-order valence-corrected chi connectivity index (χ1v) is 8.33. The molecule has 7 nitrogen and oxygen atoms in total. The minimum Gasteiger partial charge on any atom is -0.477 e. The summed E-state index contributed by atoms with van der Waals surface area (Å²) in [6.07, 6.45) is 9.49. The molecule has 1 saturated carbocycles. The summed E-state index contributed by atoms with van der Waals surface area (Å²) in [5.74, 6) is 0.762. The largest absolute Gasteiger partial charge is 0.477 e. The topological polar surface area (TPSA) is 76.6 Å². The van der Waals surface area contributed by atoms with Crippen LogP contribution in [-0.2, 0) is 0 Å². The van der Waals surface area contributed by atoms with Crippen molar-refractivity contribution in [3.63, 3.8) is 0 Å². The molecule has 7 heteroatoms. The van der Waals surface area contributed by atoms with Crippen molar-refractivity contribution in [1.82, 2.24) is 20.2 Å². The summed E-state index contributed by atoms with van der Waals surface area (Å²) < 4.78 is 11.1. The fourth-order valence-corrected chi connectivity index (χ4v) is 3.25. The highest BCUT2D eigenvalue weighted by atomic mass is 16.5. The van der Waals surface area contributed by atoms with Gasteiger partial charge < -0.3 is 19.7 Å². The number of carbonyl (C=O) groups excluding carboxylic acids is 1. The Kier molecular flexibility index (Phi) is 5.15. The highest BCUT2D eigenvalue weighted by Gasteiger charge is 2.28. The number of methoxy groups -OCH3 is 1. The lowest BCUT2D eigenvalue weighted by Crippen LogP contribution is -2.50. The fourth-order valence-electron chi connectivity index (χ4n) is 3.25. The van der Waals surface area contributed by atoms with Crippen LogP contribution in [0.1, 0.15) is 38.5 Å². The van der Waals surface area contributed by atoms with Crippen LogP contribution >= 0.6 is 0 Å². The van der Waals surface area contributed by atoms with Gasteiger partial charge in [0.05, 0.1) is 13.7 Å². The van der Waals surface area contributed by atoms with E-state index in [4.69, 9.17) is 9.47 Å². The minimum absolute atomic E-state index is 0.0244. The number of likely N-dealkylation sites (tertiary alicyclic amines) is 1. The van der Waals surface area contributed by atoms with Gasteiger partial charge in [0.1, 0.15) is 6.10 Å². The summed E-state index contributed by atoms with van der Waals surface area (Å²) in [6.45, 7) is 1.34. The molecular formula is C16H24N4O3. The van der Waals surface area contributed by atoms with Crippen LogP contribution in [0.4, 0.5) is 4.79 Å². The van der Waals surface area contributed by atoms with Gasteiger partial charge in [-0.2, -0.15) is 0 Å². The number of ether oxygens (including phenoxy) is 2. The van der Waals surface area contributed by atoms with Gasteiger partial charge in [0.25, 0.3) is 11.8 Å². The van der Waals surface area contributed by atoms with E-state index in [1.807, 2.05) is 4.90 Å². The van der Waals surface area contributed by atoms with Crippen LogP contribution in [-0.4, -0.2) is 53.2 Å². The second kappa shape index (κ2) is 7.48. The van der Waals surface area contributed by atoms with E-state index >= 15 is 0 Å². The predicted octanol–water partition coefficient (Wildman–Crippen LogP) is 1.98. The molecule has 2 heterocycles. The van der Waals surface area contributed by atoms with E-state index in [9.17, 15) is 4.79 Å². The number of hydrogen-bond donors (Lipinski definition) is 1. The van der Waals surface area contributed by atoms with Crippen LogP contribution in [0.15, 0.2) is 12.4 Å². The molecule has 1 unspecified atom stereocenters. The average Bonchev–Trinajstić information content (AvgIpc) is 3.08. The van der Waals surface area contributed by atoms with Crippen molar-refractivity contribution in [2.45, 2.75) is 50.7 Å². The molecule has 1 aromatic rings. The van der Waals surface area contributed by atoms with Crippen molar-refractivity contribution < 1.29 is 14.3 Å². The molecule has 0 aromatic carbocycles. The van der Waals surface area contributed by atoms with Crippen LogP contribution in [0.3, 0.4) is 0 Å². The molecule has 1 atom stereocenters. The van der Waals surface area contributed by atoms with Crippen LogP contribution in [0.25, 0.3) is 0 Å². The van der Waals surface area contributed by atoms with Crippen molar-refractivity contribution >= 4 is 6.03 Å². The lowest BCUT2D eigenvalue weighted by atomic mass is 10.1. The maximum atomic E-state index is 12.4. The predicted molar refractivity (Wildman–Crippen MR) is 84.6 cm³/mol. The first-order chi connectivity index (χ1) is 11.3. The Morgan fingerprint density at radius 1 is 1.17 bits per heavy atom. The maximum absolute atomic E-state index is 12.4. The van der Waals surface area contributed by atoms with Crippen LogP contribution < -0.4 is 14.8 Å². The summed E-state index contributed by atoms with van der Waals surface area (Å²) in [4.78, 5) is 22.5. The highest BCUT2D eigenvalue weighted by molar-refractivity contribution is 5.74. The number of nitrogens with zero attached hydrogens (tertiary/aromatic N) is 3. The molecule has 2 fully saturated rings. The number of amides is 2. The Morgan fingerprint density at radius 3 is 2.65 bits per heavy atom. The van der Waals surface area contributed by atoms with Gasteiger partial charge >= 0.3 is 6.03 Å². The molecule has 0 spiro atoms. The third-order valence-electron chi connectivity index (χ3n) is 4.45. The Bertz CT molecular complexity index is 534.